The number of nitrogens with one attached hydrogen (secondary N) is 1. The lowest BCUT2D eigenvalue weighted by atomic mass is 9.51. The van der Waals surface area contributed by atoms with Crippen LogP contribution in [-0.2, 0) is 11.3 Å². The predicted octanol–water partition coefficient (Wildman–Crippen LogP) is 2.58. The van der Waals surface area contributed by atoms with Gasteiger partial charge in [-0.15, -0.1) is 11.3 Å². The second kappa shape index (κ2) is 4.67. The molecule has 17 heavy (non-hydrogen) atoms. The molecule has 1 aromatic heterocycles. The lowest BCUT2D eigenvalue weighted by Crippen LogP contribution is -2.66. The molecule has 94 valence electrons. The maximum Gasteiger partial charge on any atom is 0.0794 e. The first-order chi connectivity index (χ1) is 8.35. The third-order valence-corrected chi connectivity index (χ3v) is 5.22. The standard InChI is InChI=1S/C13H20N2OS/c1-2-16-12-6-11(13(12)4-3-5-13)15-8-10-7-14-9-17-10/h7,9,11-12,15H,2-6,8H2,1H3. The lowest BCUT2D eigenvalue weighted by molar-refractivity contribution is -0.173. The second-order valence-corrected chi connectivity index (χ2v) is 6.14. The van der Waals surface area contributed by atoms with E-state index in [0.717, 1.165) is 13.2 Å². The molecule has 2 atom stereocenters. The fraction of sp³-hybridized carbons (Fsp3) is 0.769. The quantitative estimate of drug-likeness (QED) is 0.874. The molecule has 2 unspecified atom stereocenters. The van der Waals surface area contributed by atoms with Crippen LogP contribution in [0.3, 0.4) is 0 Å². The highest BCUT2D eigenvalue weighted by Crippen LogP contribution is 2.57. The van der Waals surface area contributed by atoms with Gasteiger partial charge in [0.15, 0.2) is 0 Å². The van der Waals surface area contributed by atoms with Gasteiger partial charge < -0.3 is 10.1 Å². The Labute approximate surface area is 107 Å². The molecule has 1 spiro atoms. The summed E-state index contributed by atoms with van der Waals surface area (Å²) in [6.07, 6.45) is 7.73. The van der Waals surface area contributed by atoms with Crippen LogP contribution in [0.15, 0.2) is 11.7 Å². The minimum absolute atomic E-state index is 0.473. The Morgan fingerprint density at radius 2 is 2.47 bits per heavy atom. The van der Waals surface area contributed by atoms with Crippen molar-refractivity contribution in [3.63, 3.8) is 0 Å². The van der Waals surface area contributed by atoms with Gasteiger partial charge in [0.25, 0.3) is 0 Å². The third kappa shape index (κ3) is 1.92. The topological polar surface area (TPSA) is 34.1 Å². The summed E-state index contributed by atoms with van der Waals surface area (Å²) >= 11 is 1.73. The normalized spacial score (nSPS) is 29.9. The molecular formula is C13H20N2OS. The maximum absolute atomic E-state index is 5.85. The van der Waals surface area contributed by atoms with Gasteiger partial charge in [-0.3, -0.25) is 4.98 Å². The number of thiazole rings is 1. The number of hydrogen-bond donors (Lipinski definition) is 1. The zero-order chi connectivity index (χ0) is 11.7. The van der Waals surface area contributed by atoms with Gasteiger partial charge in [0.2, 0.25) is 0 Å². The van der Waals surface area contributed by atoms with Crippen LogP contribution in [0.4, 0.5) is 0 Å². The van der Waals surface area contributed by atoms with E-state index >= 15 is 0 Å². The van der Waals surface area contributed by atoms with Gasteiger partial charge in [0.05, 0.1) is 11.6 Å². The average Bonchev–Trinajstić information content (AvgIpc) is 2.72. The van der Waals surface area contributed by atoms with Gasteiger partial charge in [-0.1, -0.05) is 6.42 Å². The molecule has 0 saturated heterocycles. The van der Waals surface area contributed by atoms with Gasteiger partial charge in [-0.05, 0) is 26.2 Å². The zero-order valence-electron chi connectivity index (χ0n) is 10.3. The summed E-state index contributed by atoms with van der Waals surface area (Å²) in [6, 6.07) is 0.662. The van der Waals surface area contributed by atoms with Gasteiger partial charge >= 0.3 is 0 Å². The van der Waals surface area contributed by atoms with Crippen molar-refractivity contribution in [3.05, 3.63) is 16.6 Å². The summed E-state index contributed by atoms with van der Waals surface area (Å²) in [6.45, 7) is 3.92. The van der Waals surface area contributed by atoms with Crippen LogP contribution in [0.5, 0.6) is 0 Å². The van der Waals surface area contributed by atoms with Crippen molar-refractivity contribution in [2.75, 3.05) is 6.61 Å². The molecule has 0 aliphatic heterocycles. The highest BCUT2D eigenvalue weighted by Gasteiger charge is 2.58. The summed E-state index contributed by atoms with van der Waals surface area (Å²) < 4.78 is 5.85. The molecular weight excluding hydrogens is 232 g/mol. The molecule has 0 aromatic carbocycles. The van der Waals surface area contributed by atoms with Crippen molar-refractivity contribution in [2.45, 2.75) is 51.3 Å². The molecule has 3 nitrogen and oxygen atoms in total. The highest BCUT2D eigenvalue weighted by atomic mass is 32.1. The van der Waals surface area contributed by atoms with E-state index in [-0.39, 0.29) is 0 Å². The van der Waals surface area contributed by atoms with Crippen LogP contribution in [0.2, 0.25) is 0 Å². The molecule has 2 aliphatic rings. The number of ether oxygens (including phenoxy) is 1. The lowest BCUT2D eigenvalue weighted by Gasteiger charge is -2.61. The highest BCUT2D eigenvalue weighted by molar-refractivity contribution is 7.09. The van der Waals surface area contributed by atoms with Gasteiger partial charge in [0.1, 0.15) is 0 Å². The molecule has 2 saturated carbocycles. The molecule has 0 radical (unpaired) electrons. The minimum atomic E-state index is 0.473. The number of hydrogen-bond acceptors (Lipinski definition) is 4. The zero-order valence-corrected chi connectivity index (χ0v) is 11.1. The van der Waals surface area contributed by atoms with E-state index in [0.29, 0.717) is 17.6 Å². The van der Waals surface area contributed by atoms with Crippen molar-refractivity contribution in [3.8, 4) is 0 Å². The Morgan fingerprint density at radius 3 is 3.06 bits per heavy atom. The van der Waals surface area contributed by atoms with Crippen LogP contribution >= 0.6 is 11.3 Å². The first kappa shape index (κ1) is 11.6. The molecule has 3 rings (SSSR count). The Bertz CT molecular complexity index is 362. The molecule has 1 aromatic rings. The predicted molar refractivity (Wildman–Crippen MR) is 69.1 cm³/mol. The Balaban J connectivity index is 1.55. The summed E-state index contributed by atoms with van der Waals surface area (Å²) in [5.74, 6) is 0. The van der Waals surface area contributed by atoms with E-state index in [1.165, 1.54) is 30.6 Å². The SMILES string of the molecule is CCOC1CC(NCc2cncs2)C12CCC2. The third-order valence-electron chi connectivity index (χ3n) is 4.44. The summed E-state index contributed by atoms with van der Waals surface area (Å²) in [5.41, 5.74) is 2.38. The minimum Gasteiger partial charge on any atom is -0.378 e. The average molecular weight is 252 g/mol. The monoisotopic (exact) mass is 252 g/mol. The largest absolute Gasteiger partial charge is 0.378 e. The van der Waals surface area contributed by atoms with Crippen molar-refractivity contribution < 1.29 is 4.74 Å². The van der Waals surface area contributed by atoms with Crippen LogP contribution in [0, 0.1) is 5.41 Å². The van der Waals surface area contributed by atoms with Gasteiger partial charge in [0, 0.05) is 35.7 Å². The summed E-state index contributed by atoms with van der Waals surface area (Å²) in [4.78, 5) is 5.45. The first-order valence-corrected chi connectivity index (χ1v) is 7.45. The Kier molecular flexibility index (Phi) is 3.19. The van der Waals surface area contributed by atoms with Crippen molar-refractivity contribution in [1.82, 2.24) is 10.3 Å². The van der Waals surface area contributed by atoms with E-state index < -0.39 is 0 Å². The molecule has 1 N–H and O–H groups in total. The first-order valence-electron chi connectivity index (χ1n) is 6.57. The smallest absolute Gasteiger partial charge is 0.0794 e. The van der Waals surface area contributed by atoms with E-state index in [4.69, 9.17) is 4.74 Å². The van der Waals surface area contributed by atoms with E-state index in [2.05, 4.69) is 17.2 Å². The van der Waals surface area contributed by atoms with E-state index in [1.807, 2.05) is 11.7 Å². The van der Waals surface area contributed by atoms with Gasteiger partial charge in [-0.2, -0.15) is 0 Å². The van der Waals surface area contributed by atoms with Crippen molar-refractivity contribution in [2.24, 2.45) is 5.41 Å². The molecule has 1 heterocycles. The second-order valence-electron chi connectivity index (χ2n) is 5.17. The molecule has 0 amide bonds. The van der Waals surface area contributed by atoms with Crippen LogP contribution in [-0.4, -0.2) is 23.7 Å². The fourth-order valence-electron chi connectivity index (χ4n) is 3.28. The van der Waals surface area contributed by atoms with E-state index in [1.54, 1.807) is 11.3 Å². The van der Waals surface area contributed by atoms with Crippen LogP contribution in [0.1, 0.15) is 37.5 Å². The van der Waals surface area contributed by atoms with Crippen LogP contribution < -0.4 is 5.32 Å². The van der Waals surface area contributed by atoms with Crippen molar-refractivity contribution in [1.29, 1.82) is 0 Å². The van der Waals surface area contributed by atoms with E-state index in [9.17, 15) is 0 Å². The molecule has 0 bridgehead atoms. The van der Waals surface area contributed by atoms with Crippen LogP contribution in [0.25, 0.3) is 0 Å². The fourth-order valence-corrected chi connectivity index (χ4v) is 3.82. The summed E-state index contributed by atoms with van der Waals surface area (Å²) in [5, 5.41) is 3.69. The van der Waals surface area contributed by atoms with Gasteiger partial charge in [-0.25, -0.2) is 0 Å². The van der Waals surface area contributed by atoms with Crippen molar-refractivity contribution >= 4 is 11.3 Å². The molecule has 2 aliphatic carbocycles. The molecule has 4 heteroatoms. The number of aromatic nitrogens is 1. The maximum atomic E-state index is 5.85. The number of nitrogens with zero attached hydrogens (tertiary/aromatic N) is 1. The number of rotatable bonds is 5. The Morgan fingerprint density at radius 1 is 1.59 bits per heavy atom. The summed E-state index contributed by atoms with van der Waals surface area (Å²) in [7, 11) is 0. The Hall–Kier alpha value is -0.450. The molecule has 2 fully saturated rings.